The maximum atomic E-state index is 11.7. The van der Waals surface area contributed by atoms with E-state index in [-0.39, 0.29) is 17.9 Å². The second-order valence-corrected chi connectivity index (χ2v) is 6.12. The van der Waals surface area contributed by atoms with Crippen LogP contribution in [0.3, 0.4) is 0 Å². The molecule has 1 aliphatic heterocycles. The Hall–Kier alpha value is -0.130. The third-order valence-corrected chi connectivity index (χ3v) is 4.78. The molecule has 1 N–H and O–H groups in total. The van der Waals surface area contributed by atoms with Gasteiger partial charge in [-0.3, -0.25) is 0 Å². The van der Waals surface area contributed by atoms with E-state index in [0.29, 0.717) is 6.54 Å². The molecular weight excluding hydrogens is 190 g/mol. The predicted octanol–water partition coefficient (Wildman–Crippen LogP) is 0.181. The van der Waals surface area contributed by atoms with E-state index >= 15 is 0 Å². The van der Waals surface area contributed by atoms with Crippen LogP contribution in [0.5, 0.6) is 0 Å². The predicted molar refractivity (Wildman–Crippen MR) is 50.9 cm³/mol. The first-order valence-electron chi connectivity index (χ1n) is 4.61. The zero-order chi connectivity index (χ0) is 10.1. The van der Waals surface area contributed by atoms with Crippen molar-refractivity contribution in [2.24, 2.45) is 0 Å². The van der Waals surface area contributed by atoms with E-state index in [2.05, 4.69) is 0 Å². The molecule has 0 saturated carbocycles. The van der Waals surface area contributed by atoms with Crippen molar-refractivity contribution in [2.75, 3.05) is 13.2 Å². The first-order valence-corrected chi connectivity index (χ1v) is 6.12. The van der Waals surface area contributed by atoms with Crippen molar-refractivity contribution in [1.82, 2.24) is 4.31 Å². The molecule has 13 heavy (non-hydrogen) atoms. The quantitative estimate of drug-likeness (QED) is 0.718. The molecule has 0 bridgehead atoms. The molecule has 1 aliphatic rings. The van der Waals surface area contributed by atoms with Crippen LogP contribution in [0.25, 0.3) is 0 Å². The Labute approximate surface area is 79.6 Å². The maximum Gasteiger partial charge on any atom is 0.216 e. The Balaban J connectivity index is 2.82. The molecule has 1 fully saturated rings. The topological polar surface area (TPSA) is 57.6 Å². The first kappa shape index (κ1) is 10.9. The normalized spacial score (nSPS) is 25.7. The Morgan fingerprint density at radius 3 is 2.62 bits per heavy atom. The minimum Gasteiger partial charge on any atom is -0.395 e. The lowest BCUT2D eigenvalue weighted by Crippen LogP contribution is -2.41. The number of hydrogen-bond donors (Lipinski definition) is 1. The van der Waals surface area contributed by atoms with Crippen LogP contribution in [0.1, 0.15) is 26.7 Å². The van der Waals surface area contributed by atoms with Crippen LogP contribution in [0, 0.1) is 0 Å². The van der Waals surface area contributed by atoms with Gasteiger partial charge in [0.15, 0.2) is 0 Å². The zero-order valence-corrected chi connectivity index (χ0v) is 8.92. The summed E-state index contributed by atoms with van der Waals surface area (Å²) in [5.41, 5.74) is 0. The molecule has 1 atom stereocenters. The van der Waals surface area contributed by atoms with E-state index in [1.54, 1.807) is 13.8 Å². The van der Waals surface area contributed by atoms with E-state index in [4.69, 9.17) is 5.11 Å². The lowest BCUT2D eigenvalue weighted by atomic mass is 10.2. The van der Waals surface area contributed by atoms with Crippen molar-refractivity contribution in [3.8, 4) is 0 Å². The number of aliphatic hydroxyl groups excluding tert-OH is 1. The van der Waals surface area contributed by atoms with Gasteiger partial charge in [0.25, 0.3) is 0 Å². The van der Waals surface area contributed by atoms with Crippen molar-refractivity contribution in [2.45, 2.75) is 38.0 Å². The Morgan fingerprint density at radius 2 is 2.15 bits per heavy atom. The summed E-state index contributed by atoms with van der Waals surface area (Å²) in [5, 5.41) is 8.59. The van der Waals surface area contributed by atoms with Crippen LogP contribution in [0.4, 0.5) is 0 Å². The van der Waals surface area contributed by atoms with Crippen LogP contribution < -0.4 is 0 Å². The molecule has 0 amide bonds. The molecule has 4 nitrogen and oxygen atoms in total. The van der Waals surface area contributed by atoms with Gasteiger partial charge in [0.1, 0.15) is 0 Å². The highest BCUT2D eigenvalue weighted by molar-refractivity contribution is 7.89. The third kappa shape index (κ3) is 2.03. The van der Waals surface area contributed by atoms with Crippen LogP contribution in [-0.2, 0) is 10.0 Å². The van der Waals surface area contributed by atoms with E-state index in [1.807, 2.05) is 0 Å². The Kier molecular flexibility index (Phi) is 3.32. The lowest BCUT2D eigenvalue weighted by molar-refractivity contribution is 0.213. The van der Waals surface area contributed by atoms with Gasteiger partial charge in [0.05, 0.1) is 11.9 Å². The van der Waals surface area contributed by atoms with E-state index in [9.17, 15) is 8.42 Å². The average Bonchev–Trinajstić information content (AvgIpc) is 2.51. The molecule has 78 valence electrons. The summed E-state index contributed by atoms with van der Waals surface area (Å²) in [4.78, 5) is 0. The summed E-state index contributed by atoms with van der Waals surface area (Å²) in [6.45, 7) is 3.84. The Bertz CT molecular complexity index is 261. The monoisotopic (exact) mass is 207 g/mol. The molecule has 0 unspecified atom stereocenters. The number of nitrogens with zero attached hydrogens (tertiary/aromatic N) is 1. The SMILES string of the molecule is CC(C)S(=O)(=O)N1CCC[C@@H]1CO. The molecule has 0 aliphatic carbocycles. The van der Waals surface area contributed by atoms with Gasteiger partial charge in [-0.25, -0.2) is 8.42 Å². The number of aliphatic hydroxyl groups is 1. The number of rotatable bonds is 3. The van der Waals surface area contributed by atoms with Gasteiger partial charge in [-0.2, -0.15) is 4.31 Å². The van der Waals surface area contributed by atoms with Crippen LogP contribution in [-0.4, -0.2) is 42.3 Å². The summed E-state index contributed by atoms with van der Waals surface area (Å²) in [5.74, 6) is 0. The Morgan fingerprint density at radius 1 is 1.54 bits per heavy atom. The van der Waals surface area contributed by atoms with Crippen molar-refractivity contribution in [3.63, 3.8) is 0 Å². The number of hydrogen-bond acceptors (Lipinski definition) is 3. The fourth-order valence-electron chi connectivity index (χ4n) is 1.60. The minimum absolute atomic E-state index is 0.0635. The highest BCUT2D eigenvalue weighted by atomic mass is 32.2. The van der Waals surface area contributed by atoms with Gasteiger partial charge >= 0.3 is 0 Å². The zero-order valence-electron chi connectivity index (χ0n) is 8.10. The number of sulfonamides is 1. The summed E-state index contributed by atoms with van der Waals surface area (Å²) in [6, 6.07) is -0.188. The molecule has 0 spiro atoms. The van der Waals surface area contributed by atoms with Crippen molar-refractivity contribution in [1.29, 1.82) is 0 Å². The van der Waals surface area contributed by atoms with Gasteiger partial charge in [-0.1, -0.05) is 0 Å². The summed E-state index contributed by atoms with van der Waals surface area (Å²) in [6.07, 6.45) is 1.64. The summed E-state index contributed by atoms with van der Waals surface area (Å²) in [7, 11) is -3.16. The highest BCUT2D eigenvalue weighted by Gasteiger charge is 2.35. The fourth-order valence-corrected chi connectivity index (χ4v) is 3.11. The van der Waals surface area contributed by atoms with Gasteiger partial charge in [0, 0.05) is 12.6 Å². The van der Waals surface area contributed by atoms with E-state index < -0.39 is 10.0 Å². The van der Waals surface area contributed by atoms with E-state index in [0.717, 1.165) is 12.8 Å². The lowest BCUT2D eigenvalue weighted by Gasteiger charge is -2.24. The van der Waals surface area contributed by atoms with Crippen molar-refractivity contribution >= 4 is 10.0 Å². The van der Waals surface area contributed by atoms with Gasteiger partial charge in [-0.05, 0) is 26.7 Å². The molecule has 0 aromatic heterocycles. The second kappa shape index (κ2) is 3.94. The average molecular weight is 207 g/mol. The van der Waals surface area contributed by atoms with Crippen molar-refractivity contribution < 1.29 is 13.5 Å². The molecule has 0 aromatic carbocycles. The van der Waals surface area contributed by atoms with Crippen LogP contribution in [0.2, 0.25) is 0 Å². The molecule has 0 aromatic rings. The standard InChI is InChI=1S/C8H17NO3S/c1-7(2)13(11,12)9-5-3-4-8(9)6-10/h7-8,10H,3-6H2,1-2H3/t8-/m1/s1. The largest absolute Gasteiger partial charge is 0.395 e. The minimum atomic E-state index is -3.16. The highest BCUT2D eigenvalue weighted by Crippen LogP contribution is 2.22. The maximum absolute atomic E-state index is 11.7. The first-order chi connectivity index (χ1) is 6.00. The van der Waals surface area contributed by atoms with Crippen LogP contribution in [0.15, 0.2) is 0 Å². The van der Waals surface area contributed by atoms with Gasteiger partial charge in [0.2, 0.25) is 10.0 Å². The van der Waals surface area contributed by atoms with Gasteiger partial charge in [-0.15, -0.1) is 0 Å². The molecule has 1 heterocycles. The third-order valence-electron chi connectivity index (χ3n) is 2.46. The van der Waals surface area contributed by atoms with Crippen LogP contribution >= 0.6 is 0 Å². The second-order valence-electron chi connectivity index (χ2n) is 3.68. The fraction of sp³-hybridized carbons (Fsp3) is 1.00. The smallest absolute Gasteiger partial charge is 0.216 e. The molecule has 1 saturated heterocycles. The molecule has 0 radical (unpaired) electrons. The van der Waals surface area contributed by atoms with Crippen molar-refractivity contribution in [3.05, 3.63) is 0 Å². The van der Waals surface area contributed by atoms with E-state index in [1.165, 1.54) is 4.31 Å². The summed E-state index contributed by atoms with van der Waals surface area (Å²) >= 11 is 0. The summed E-state index contributed by atoms with van der Waals surface area (Å²) < 4.78 is 24.9. The molecule has 5 heteroatoms. The molecule has 1 rings (SSSR count). The van der Waals surface area contributed by atoms with Gasteiger partial charge < -0.3 is 5.11 Å². The molecular formula is C8H17NO3S.